The maximum absolute atomic E-state index is 12.9. The van der Waals surface area contributed by atoms with Crippen LogP contribution in [0.15, 0.2) is 59.9 Å². The summed E-state index contributed by atoms with van der Waals surface area (Å²) in [5.41, 5.74) is 3.62. The zero-order chi connectivity index (χ0) is 27.5. The second-order valence-corrected chi connectivity index (χ2v) is 17.0. The molecule has 0 spiro atoms. The van der Waals surface area contributed by atoms with E-state index in [1.807, 2.05) is 36.4 Å². The van der Waals surface area contributed by atoms with Crippen molar-refractivity contribution < 1.29 is 23.4 Å². The van der Waals surface area contributed by atoms with E-state index in [4.69, 9.17) is 18.6 Å². The molecule has 206 valence electrons. The van der Waals surface area contributed by atoms with Gasteiger partial charge >= 0.3 is 0 Å². The Bertz CT molecular complexity index is 1130. The molecule has 0 N–H and O–H groups in total. The fourth-order valence-electron chi connectivity index (χ4n) is 5.41. The summed E-state index contributed by atoms with van der Waals surface area (Å²) >= 11 is 0. The minimum atomic E-state index is -2.03. The molecule has 0 radical (unpaired) electrons. The molecule has 2 aromatic carbocycles. The number of carbonyl (C=O) groups excluding carboxylic acids is 1. The quantitative estimate of drug-likeness (QED) is 0.222. The van der Waals surface area contributed by atoms with Gasteiger partial charge in [-0.25, -0.2) is 0 Å². The number of hydrogen-bond donors (Lipinski definition) is 0. The highest BCUT2D eigenvalue weighted by Crippen LogP contribution is 2.52. The Balaban J connectivity index is 1.57. The molecule has 3 atom stereocenters. The number of ketones is 1. The third kappa shape index (κ3) is 6.35. The molecule has 38 heavy (non-hydrogen) atoms. The lowest BCUT2D eigenvalue weighted by Crippen LogP contribution is -2.48. The fourth-order valence-corrected chi connectivity index (χ4v) is 6.54. The van der Waals surface area contributed by atoms with Gasteiger partial charge in [0, 0.05) is 25.4 Å². The van der Waals surface area contributed by atoms with Crippen molar-refractivity contribution in [1.82, 2.24) is 0 Å². The first-order valence-electron chi connectivity index (χ1n) is 13.8. The lowest BCUT2D eigenvalue weighted by atomic mass is 9.58. The molecular weight excluding hydrogens is 492 g/mol. The van der Waals surface area contributed by atoms with Crippen molar-refractivity contribution >= 4 is 14.1 Å². The van der Waals surface area contributed by atoms with Crippen LogP contribution < -0.4 is 9.47 Å². The number of benzene rings is 2. The van der Waals surface area contributed by atoms with Gasteiger partial charge in [0.1, 0.15) is 17.3 Å². The summed E-state index contributed by atoms with van der Waals surface area (Å²) < 4.78 is 23.8. The minimum absolute atomic E-state index is 0.0830. The van der Waals surface area contributed by atoms with E-state index in [1.165, 1.54) is 11.1 Å². The number of allylic oxidation sites excluding steroid dienone is 2. The maximum Gasteiger partial charge on any atom is 0.250 e. The summed E-state index contributed by atoms with van der Waals surface area (Å²) in [5.74, 6) is 3.84. The molecular formula is C32H44O5Si. The van der Waals surface area contributed by atoms with Crippen LogP contribution in [0.2, 0.25) is 18.1 Å². The Kier molecular flexibility index (Phi) is 8.73. The van der Waals surface area contributed by atoms with E-state index in [1.54, 1.807) is 14.2 Å². The summed E-state index contributed by atoms with van der Waals surface area (Å²) in [6.07, 6.45) is 3.15. The van der Waals surface area contributed by atoms with E-state index in [-0.39, 0.29) is 16.9 Å². The summed E-state index contributed by atoms with van der Waals surface area (Å²) in [5, 5.41) is 0.106. The summed E-state index contributed by atoms with van der Waals surface area (Å²) in [6.45, 7) is 12.6. The Hall–Kier alpha value is -2.57. The molecule has 1 saturated carbocycles. The Morgan fingerprint density at radius 1 is 0.868 bits per heavy atom. The van der Waals surface area contributed by atoms with Crippen LogP contribution in [0.5, 0.6) is 11.5 Å². The van der Waals surface area contributed by atoms with Crippen LogP contribution in [0.3, 0.4) is 0 Å². The second-order valence-electron chi connectivity index (χ2n) is 12.3. The van der Waals surface area contributed by atoms with Crippen molar-refractivity contribution in [2.24, 2.45) is 17.8 Å². The zero-order valence-corrected chi connectivity index (χ0v) is 25.1. The van der Waals surface area contributed by atoms with Crippen LogP contribution in [-0.4, -0.2) is 34.9 Å². The van der Waals surface area contributed by atoms with Crippen LogP contribution >= 0.6 is 0 Å². The molecule has 2 aliphatic rings. The third-order valence-electron chi connectivity index (χ3n) is 8.77. The van der Waals surface area contributed by atoms with Gasteiger partial charge in [0.15, 0.2) is 0 Å². The van der Waals surface area contributed by atoms with Crippen molar-refractivity contribution in [1.29, 1.82) is 0 Å². The molecule has 0 saturated heterocycles. The highest BCUT2D eigenvalue weighted by Gasteiger charge is 2.51. The average Bonchev–Trinajstić information content (AvgIpc) is 2.87. The van der Waals surface area contributed by atoms with Crippen molar-refractivity contribution in [3.8, 4) is 11.5 Å². The van der Waals surface area contributed by atoms with Crippen LogP contribution in [0, 0.1) is 17.8 Å². The fraction of sp³-hybridized carbons (Fsp3) is 0.531. The van der Waals surface area contributed by atoms with E-state index in [0.717, 1.165) is 42.1 Å². The molecule has 5 nitrogen and oxygen atoms in total. The predicted octanol–water partition coefficient (Wildman–Crippen LogP) is 7.35. The number of ether oxygens (including phenoxy) is 3. The van der Waals surface area contributed by atoms with Gasteiger partial charge in [-0.1, -0.05) is 45.0 Å². The molecule has 0 bridgehead atoms. The summed E-state index contributed by atoms with van der Waals surface area (Å²) in [6, 6.07) is 16.3. The Labute approximate surface area is 229 Å². The molecule has 2 aromatic rings. The summed E-state index contributed by atoms with van der Waals surface area (Å²) in [4.78, 5) is 12.9. The second kappa shape index (κ2) is 11.7. The number of fused-ring (bicyclic) bond motifs is 1. The molecule has 4 rings (SSSR count). The first-order chi connectivity index (χ1) is 18.0. The van der Waals surface area contributed by atoms with Gasteiger partial charge in [-0.2, -0.15) is 0 Å². The molecule has 0 aliphatic heterocycles. The van der Waals surface area contributed by atoms with Crippen LogP contribution in [0.25, 0.3) is 0 Å². The van der Waals surface area contributed by atoms with Crippen molar-refractivity contribution in [3.63, 3.8) is 0 Å². The van der Waals surface area contributed by atoms with Gasteiger partial charge in [0.05, 0.1) is 26.6 Å². The van der Waals surface area contributed by atoms with E-state index in [9.17, 15) is 4.79 Å². The smallest absolute Gasteiger partial charge is 0.250 e. The van der Waals surface area contributed by atoms with Crippen molar-refractivity contribution in [2.45, 2.75) is 71.2 Å². The number of Topliss-reactive ketones (excluding diaryl/α,β-unsaturated/α-hetero) is 1. The predicted molar refractivity (Wildman–Crippen MR) is 154 cm³/mol. The van der Waals surface area contributed by atoms with Crippen LogP contribution in [-0.2, 0) is 27.0 Å². The monoisotopic (exact) mass is 536 g/mol. The normalized spacial score (nSPS) is 21.6. The number of methoxy groups -OCH3 is 2. The highest BCUT2D eigenvalue weighted by molar-refractivity contribution is 6.74. The third-order valence-corrected chi connectivity index (χ3v) is 13.1. The number of hydrogen-bond acceptors (Lipinski definition) is 5. The minimum Gasteiger partial charge on any atom is -0.547 e. The zero-order valence-electron chi connectivity index (χ0n) is 24.1. The Morgan fingerprint density at radius 3 is 1.97 bits per heavy atom. The first kappa shape index (κ1) is 28.4. The van der Waals surface area contributed by atoms with Gasteiger partial charge in [-0.15, -0.1) is 0 Å². The Morgan fingerprint density at radius 2 is 1.45 bits per heavy atom. The molecule has 2 aliphatic carbocycles. The largest absolute Gasteiger partial charge is 0.547 e. The van der Waals surface area contributed by atoms with E-state index in [2.05, 4.69) is 46.0 Å². The van der Waals surface area contributed by atoms with Gasteiger partial charge < -0.3 is 18.6 Å². The molecule has 0 aromatic heterocycles. The topological polar surface area (TPSA) is 54.0 Å². The van der Waals surface area contributed by atoms with E-state index in [0.29, 0.717) is 31.3 Å². The molecule has 0 heterocycles. The number of rotatable bonds is 11. The molecule has 6 heteroatoms. The molecule has 1 fully saturated rings. The lowest BCUT2D eigenvalue weighted by Gasteiger charge is -2.48. The van der Waals surface area contributed by atoms with Crippen molar-refractivity contribution in [3.05, 3.63) is 71.0 Å². The van der Waals surface area contributed by atoms with Gasteiger partial charge in [-0.05, 0) is 83.8 Å². The first-order valence-corrected chi connectivity index (χ1v) is 16.7. The van der Waals surface area contributed by atoms with E-state index >= 15 is 0 Å². The van der Waals surface area contributed by atoms with Crippen LogP contribution in [0.4, 0.5) is 0 Å². The van der Waals surface area contributed by atoms with Gasteiger partial charge in [0.2, 0.25) is 8.32 Å². The van der Waals surface area contributed by atoms with Gasteiger partial charge in [-0.3, -0.25) is 4.79 Å². The molecule has 0 amide bonds. The average molecular weight is 537 g/mol. The number of carbonyl (C=O) groups is 1. The standard InChI is InChI=1S/C32H44O5Si/c1-32(2,3)38(6,7)37-30-20-24-19-29(33)31(24)27(28(30)18-22-8-12-25(34-4)13-9-22)16-17-36-21-23-10-14-26(35-5)15-11-23/h8-15,24,27,31H,16-21H2,1-7H3/t24-,27+,31-/m1/s1. The highest BCUT2D eigenvalue weighted by atomic mass is 28.4. The van der Waals surface area contributed by atoms with E-state index < -0.39 is 8.32 Å². The summed E-state index contributed by atoms with van der Waals surface area (Å²) in [7, 11) is 1.33. The van der Waals surface area contributed by atoms with Gasteiger partial charge in [0.25, 0.3) is 0 Å². The van der Waals surface area contributed by atoms with Crippen molar-refractivity contribution in [2.75, 3.05) is 20.8 Å². The SMILES string of the molecule is COc1ccc(COCC[C@H]2C(Cc3ccc(OC)cc3)=C(O[Si](C)(C)C(C)(C)C)C[C@H]3CC(=O)[C@H]32)cc1. The molecule has 0 unspecified atom stereocenters. The maximum atomic E-state index is 12.9. The lowest BCUT2D eigenvalue weighted by molar-refractivity contribution is -0.138. The van der Waals surface area contributed by atoms with Crippen LogP contribution in [0.1, 0.15) is 51.2 Å².